The second-order valence-electron chi connectivity index (χ2n) is 5.34. The van der Waals surface area contributed by atoms with Crippen molar-refractivity contribution in [3.8, 4) is 23.1 Å². The van der Waals surface area contributed by atoms with Crippen LogP contribution in [0, 0.1) is 17.1 Å². The highest BCUT2D eigenvalue weighted by atomic mass is 19.4. The summed E-state index contributed by atoms with van der Waals surface area (Å²) in [5.41, 5.74) is 2.34. The van der Waals surface area contributed by atoms with Crippen molar-refractivity contribution in [1.82, 2.24) is 15.4 Å². The zero-order valence-corrected chi connectivity index (χ0v) is 13.5. The molecule has 3 rings (SSSR count). The highest BCUT2D eigenvalue weighted by Gasteiger charge is 2.32. The van der Waals surface area contributed by atoms with Crippen LogP contribution in [0.1, 0.15) is 16.8 Å². The van der Waals surface area contributed by atoms with Gasteiger partial charge < -0.3 is 4.74 Å². The molecule has 1 aromatic heterocycles. The lowest BCUT2D eigenvalue weighted by atomic mass is 10.1. The van der Waals surface area contributed by atoms with E-state index in [1.807, 2.05) is 6.07 Å². The van der Waals surface area contributed by atoms with Gasteiger partial charge >= 0.3 is 6.36 Å². The summed E-state index contributed by atoms with van der Waals surface area (Å²) in [6, 6.07) is 12.1. The Morgan fingerprint density at radius 1 is 1.07 bits per heavy atom. The Kier molecular flexibility index (Phi) is 4.90. The molecule has 0 bridgehead atoms. The minimum atomic E-state index is -4.96. The van der Waals surface area contributed by atoms with Crippen LogP contribution in [0.3, 0.4) is 0 Å². The van der Waals surface area contributed by atoms with E-state index in [0.717, 1.165) is 17.7 Å². The lowest BCUT2D eigenvalue weighted by Gasteiger charge is -2.09. The van der Waals surface area contributed by atoms with Gasteiger partial charge in [0.1, 0.15) is 11.8 Å². The van der Waals surface area contributed by atoms with Crippen molar-refractivity contribution in [2.45, 2.75) is 6.36 Å². The number of hydrogen-bond acceptors (Lipinski definition) is 4. The van der Waals surface area contributed by atoms with Gasteiger partial charge in [-0.25, -0.2) is 9.49 Å². The predicted octanol–water partition coefficient (Wildman–Crippen LogP) is 4.55. The van der Waals surface area contributed by atoms with Gasteiger partial charge in [-0.15, -0.1) is 18.3 Å². The molecule has 0 aliphatic carbocycles. The molecule has 3 aromatic rings. The highest BCUT2D eigenvalue weighted by molar-refractivity contribution is 5.74. The Morgan fingerprint density at radius 3 is 2.48 bits per heavy atom. The fourth-order valence-electron chi connectivity index (χ4n) is 2.32. The first kappa shape index (κ1) is 18.1. The molecule has 0 saturated carbocycles. The van der Waals surface area contributed by atoms with Gasteiger partial charge in [0, 0.05) is 5.56 Å². The summed E-state index contributed by atoms with van der Waals surface area (Å²) < 4.78 is 53.8. The lowest BCUT2D eigenvalue weighted by Crippen LogP contribution is -2.17. The van der Waals surface area contributed by atoms with Crippen LogP contribution in [0.15, 0.2) is 42.5 Å². The molecule has 9 heteroatoms. The number of nitrogens with zero attached hydrogens (tertiary/aromatic N) is 3. The van der Waals surface area contributed by atoms with E-state index in [4.69, 9.17) is 5.26 Å². The van der Waals surface area contributed by atoms with Crippen molar-refractivity contribution in [1.29, 1.82) is 5.26 Å². The number of benzene rings is 2. The van der Waals surface area contributed by atoms with Gasteiger partial charge in [0.15, 0.2) is 17.3 Å². The summed E-state index contributed by atoms with van der Waals surface area (Å²) >= 11 is 0. The van der Waals surface area contributed by atoms with Gasteiger partial charge in [0.2, 0.25) is 0 Å². The summed E-state index contributed by atoms with van der Waals surface area (Å²) in [5.74, 6) is -2.01. The number of aromatic amines is 1. The normalized spacial score (nSPS) is 11.5. The van der Waals surface area contributed by atoms with E-state index < -0.39 is 17.9 Å². The Bertz CT molecular complexity index is 1030. The summed E-state index contributed by atoms with van der Waals surface area (Å²) in [4.78, 5) is 0. The van der Waals surface area contributed by atoms with Crippen LogP contribution in [-0.2, 0) is 0 Å². The molecule has 0 fully saturated rings. The third kappa shape index (κ3) is 4.49. The number of hydrogen-bond donors (Lipinski definition) is 1. The number of H-pyrrole nitrogens is 1. The van der Waals surface area contributed by atoms with Gasteiger partial charge in [-0.1, -0.05) is 41.6 Å². The Hall–Kier alpha value is -3.67. The number of aromatic nitrogens is 3. The summed E-state index contributed by atoms with van der Waals surface area (Å²) in [6.07, 6.45) is -1.77. The summed E-state index contributed by atoms with van der Waals surface area (Å²) in [7, 11) is 0. The minimum absolute atomic E-state index is 0.221. The van der Waals surface area contributed by atoms with E-state index in [9.17, 15) is 17.6 Å². The van der Waals surface area contributed by atoms with Crippen LogP contribution < -0.4 is 4.74 Å². The fraction of sp³-hybridized carbons (Fsp3) is 0.0556. The SMILES string of the molecule is N#Cc1[nH]nnc1-c1cccc(/C=C/c2ccc(OC(F)(F)F)c(F)c2)c1. The van der Waals surface area contributed by atoms with E-state index in [2.05, 4.69) is 20.1 Å². The molecule has 1 N–H and O–H groups in total. The molecule has 0 radical (unpaired) electrons. The van der Waals surface area contributed by atoms with Crippen molar-refractivity contribution in [2.75, 3.05) is 0 Å². The molecule has 0 aliphatic heterocycles. The zero-order valence-electron chi connectivity index (χ0n) is 13.5. The van der Waals surface area contributed by atoms with E-state index in [1.165, 1.54) is 12.1 Å². The first-order valence-electron chi connectivity index (χ1n) is 7.51. The van der Waals surface area contributed by atoms with Crippen LogP contribution in [0.4, 0.5) is 17.6 Å². The Balaban J connectivity index is 1.82. The van der Waals surface area contributed by atoms with Crippen LogP contribution in [0.5, 0.6) is 5.75 Å². The molecule has 0 spiro atoms. The number of nitrogens with one attached hydrogen (secondary N) is 1. The van der Waals surface area contributed by atoms with Gasteiger partial charge in [-0.3, -0.25) is 0 Å². The first-order valence-corrected chi connectivity index (χ1v) is 7.51. The van der Waals surface area contributed by atoms with E-state index in [1.54, 1.807) is 30.3 Å². The molecular weight excluding hydrogens is 364 g/mol. The van der Waals surface area contributed by atoms with Crippen molar-refractivity contribution in [3.63, 3.8) is 0 Å². The average Bonchev–Trinajstić information content (AvgIpc) is 3.10. The second-order valence-corrected chi connectivity index (χ2v) is 5.34. The Labute approximate surface area is 150 Å². The van der Waals surface area contributed by atoms with Crippen LogP contribution >= 0.6 is 0 Å². The summed E-state index contributed by atoms with van der Waals surface area (Å²) in [5, 5.41) is 18.9. The number of nitriles is 1. The quantitative estimate of drug-likeness (QED) is 0.537. The van der Waals surface area contributed by atoms with E-state index in [0.29, 0.717) is 16.8 Å². The molecule has 0 amide bonds. The molecule has 0 atom stereocenters. The third-order valence-electron chi connectivity index (χ3n) is 3.47. The molecule has 2 aromatic carbocycles. The van der Waals surface area contributed by atoms with Crippen molar-refractivity contribution in [2.24, 2.45) is 0 Å². The zero-order chi connectivity index (χ0) is 19.4. The Morgan fingerprint density at radius 2 is 1.81 bits per heavy atom. The molecule has 5 nitrogen and oxygen atoms in total. The van der Waals surface area contributed by atoms with Gasteiger partial charge in [0.25, 0.3) is 0 Å². The molecule has 1 heterocycles. The summed E-state index contributed by atoms with van der Waals surface area (Å²) in [6.45, 7) is 0. The van der Waals surface area contributed by atoms with Gasteiger partial charge in [-0.2, -0.15) is 5.26 Å². The van der Waals surface area contributed by atoms with Crippen molar-refractivity contribution < 1.29 is 22.3 Å². The molecule has 27 heavy (non-hydrogen) atoms. The molecule has 136 valence electrons. The topological polar surface area (TPSA) is 74.6 Å². The van der Waals surface area contributed by atoms with Crippen LogP contribution in [0.25, 0.3) is 23.4 Å². The standard InChI is InChI=1S/C18H10F4N4O/c19-14-9-12(6-7-16(14)27-18(20,21)22)5-4-11-2-1-3-13(8-11)17-15(10-23)24-26-25-17/h1-9H,(H,24,25,26)/b5-4+. The third-order valence-corrected chi connectivity index (χ3v) is 3.47. The number of rotatable bonds is 4. The van der Waals surface area contributed by atoms with Crippen molar-refractivity contribution >= 4 is 12.2 Å². The maximum absolute atomic E-state index is 13.7. The highest BCUT2D eigenvalue weighted by Crippen LogP contribution is 2.27. The monoisotopic (exact) mass is 374 g/mol. The van der Waals surface area contributed by atoms with Crippen molar-refractivity contribution in [3.05, 3.63) is 65.1 Å². The van der Waals surface area contributed by atoms with E-state index in [-0.39, 0.29) is 5.69 Å². The molecular formula is C18H10F4N4O. The first-order chi connectivity index (χ1) is 12.9. The number of alkyl halides is 3. The smallest absolute Gasteiger partial charge is 0.403 e. The largest absolute Gasteiger partial charge is 0.573 e. The number of ether oxygens (including phenoxy) is 1. The van der Waals surface area contributed by atoms with E-state index >= 15 is 0 Å². The molecule has 0 aliphatic rings. The van der Waals surface area contributed by atoms with Crippen LogP contribution in [0.2, 0.25) is 0 Å². The predicted molar refractivity (Wildman–Crippen MR) is 88.5 cm³/mol. The molecule has 0 unspecified atom stereocenters. The van der Waals surface area contributed by atoms with Gasteiger partial charge in [0.05, 0.1) is 0 Å². The lowest BCUT2D eigenvalue weighted by molar-refractivity contribution is -0.275. The maximum atomic E-state index is 13.7. The molecule has 0 saturated heterocycles. The average molecular weight is 374 g/mol. The minimum Gasteiger partial charge on any atom is -0.403 e. The number of halogens is 4. The van der Waals surface area contributed by atoms with Gasteiger partial charge in [-0.05, 0) is 29.3 Å². The fourth-order valence-corrected chi connectivity index (χ4v) is 2.32. The maximum Gasteiger partial charge on any atom is 0.573 e. The second kappa shape index (κ2) is 7.29. The van der Waals surface area contributed by atoms with Crippen LogP contribution in [-0.4, -0.2) is 21.8 Å².